The number of aliphatic hydroxyl groups excluding tert-OH is 1. The lowest BCUT2D eigenvalue weighted by Crippen LogP contribution is -2.56. The van der Waals surface area contributed by atoms with E-state index in [1.165, 1.54) is 0 Å². The van der Waals surface area contributed by atoms with Gasteiger partial charge in [-0.05, 0) is 51.0 Å². The van der Waals surface area contributed by atoms with Crippen molar-refractivity contribution in [2.45, 2.75) is 69.2 Å². The molecule has 2 unspecified atom stereocenters. The molecule has 3 aliphatic rings. The largest absolute Gasteiger partial charge is 0.465 e. The Balaban J connectivity index is 1.64. The standard InChI is InChI=1S/C30H40N2O6/c1-4-6-7-11-20-37-28(36)24-23-26(34)32(18-12-19-33)25(30(23)16-15-29(24,3)38-30)27(35)31(17-5-2)21-22-13-9-8-10-14-22/h4-5,8-10,13-14,23-25,33H,1-2,6-7,11-12,15-21H2,3H3/t23-,24-,25?,29+,30?/m0/s1. The van der Waals surface area contributed by atoms with Gasteiger partial charge >= 0.3 is 5.97 Å². The third kappa shape index (κ3) is 5.04. The first-order chi connectivity index (χ1) is 18.3. The van der Waals surface area contributed by atoms with Crippen LogP contribution in [0, 0.1) is 11.8 Å². The van der Waals surface area contributed by atoms with Gasteiger partial charge in [0.15, 0.2) is 0 Å². The minimum atomic E-state index is -1.11. The number of likely N-dealkylation sites (tertiary alicyclic amines) is 1. The summed E-state index contributed by atoms with van der Waals surface area (Å²) in [6.45, 7) is 10.4. The molecule has 1 spiro atoms. The number of carbonyl (C=O) groups excluding carboxylic acids is 3. The van der Waals surface area contributed by atoms with Crippen molar-refractivity contribution in [3.05, 3.63) is 61.2 Å². The van der Waals surface area contributed by atoms with Crippen LogP contribution in [0.25, 0.3) is 0 Å². The van der Waals surface area contributed by atoms with Gasteiger partial charge in [0.25, 0.3) is 0 Å². The first-order valence-corrected chi connectivity index (χ1v) is 13.7. The van der Waals surface area contributed by atoms with Gasteiger partial charge in [0.1, 0.15) is 17.6 Å². The molecule has 3 heterocycles. The van der Waals surface area contributed by atoms with Crippen molar-refractivity contribution >= 4 is 17.8 Å². The van der Waals surface area contributed by atoms with Gasteiger partial charge in [-0.15, -0.1) is 13.2 Å². The number of unbranched alkanes of at least 4 members (excludes halogenated alkanes) is 2. The summed E-state index contributed by atoms with van der Waals surface area (Å²) in [6, 6.07) is 8.78. The summed E-state index contributed by atoms with van der Waals surface area (Å²) >= 11 is 0. The second-order valence-corrected chi connectivity index (χ2v) is 10.8. The third-order valence-corrected chi connectivity index (χ3v) is 8.25. The van der Waals surface area contributed by atoms with Gasteiger partial charge < -0.3 is 24.4 Å². The average Bonchev–Trinajstić information content (AvgIpc) is 3.47. The SMILES string of the molecule is C=CCCCCOC(=O)[C@@H]1[C@H]2C(=O)N(CCCO)C(C(=O)N(CC=C)Cc3ccccc3)C23CC[C@@]1(C)O3. The van der Waals surface area contributed by atoms with Gasteiger partial charge in [-0.1, -0.05) is 42.5 Å². The van der Waals surface area contributed by atoms with Crippen LogP contribution in [0.4, 0.5) is 0 Å². The number of aliphatic hydroxyl groups is 1. The Morgan fingerprint density at radius 1 is 1.18 bits per heavy atom. The predicted molar refractivity (Wildman–Crippen MR) is 143 cm³/mol. The summed E-state index contributed by atoms with van der Waals surface area (Å²) in [4.78, 5) is 44.8. The number of fused-ring (bicyclic) bond motifs is 1. The van der Waals surface area contributed by atoms with Crippen molar-refractivity contribution in [1.82, 2.24) is 9.80 Å². The average molecular weight is 525 g/mol. The summed E-state index contributed by atoms with van der Waals surface area (Å²) in [5, 5.41) is 9.54. The highest BCUT2D eigenvalue weighted by molar-refractivity contribution is 5.98. The van der Waals surface area contributed by atoms with Crippen LogP contribution in [0.2, 0.25) is 0 Å². The topological polar surface area (TPSA) is 96.4 Å². The van der Waals surface area contributed by atoms with Crippen molar-refractivity contribution in [2.24, 2.45) is 11.8 Å². The number of amides is 2. The number of rotatable bonds is 14. The highest BCUT2D eigenvalue weighted by atomic mass is 16.6. The number of esters is 1. The predicted octanol–water partition coefficient (Wildman–Crippen LogP) is 3.25. The number of hydrogen-bond acceptors (Lipinski definition) is 6. The molecule has 0 radical (unpaired) electrons. The summed E-state index contributed by atoms with van der Waals surface area (Å²) in [6.07, 6.45) is 7.32. The zero-order valence-electron chi connectivity index (χ0n) is 22.3. The molecule has 3 aliphatic heterocycles. The number of carbonyl (C=O) groups is 3. The van der Waals surface area contributed by atoms with Gasteiger partial charge in [-0.3, -0.25) is 14.4 Å². The highest BCUT2D eigenvalue weighted by Gasteiger charge is 2.78. The number of benzene rings is 1. The summed E-state index contributed by atoms with van der Waals surface area (Å²) in [7, 11) is 0. The maximum Gasteiger partial charge on any atom is 0.312 e. The summed E-state index contributed by atoms with van der Waals surface area (Å²) in [5.41, 5.74) is -1.02. The smallest absolute Gasteiger partial charge is 0.312 e. The van der Waals surface area contributed by atoms with Gasteiger partial charge in [0, 0.05) is 26.2 Å². The lowest BCUT2D eigenvalue weighted by Gasteiger charge is -2.36. The monoisotopic (exact) mass is 524 g/mol. The quantitative estimate of drug-likeness (QED) is 0.228. The van der Waals surface area contributed by atoms with Gasteiger partial charge in [-0.2, -0.15) is 0 Å². The maximum atomic E-state index is 14.3. The summed E-state index contributed by atoms with van der Waals surface area (Å²) in [5.74, 6) is -2.51. The summed E-state index contributed by atoms with van der Waals surface area (Å²) < 4.78 is 12.3. The second kappa shape index (κ2) is 11.8. The molecule has 2 amide bonds. The van der Waals surface area contributed by atoms with Crippen LogP contribution in [-0.4, -0.2) is 76.2 Å². The molecule has 8 heteroatoms. The Morgan fingerprint density at radius 3 is 2.63 bits per heavy atom. The Hall–Kier alpha value is -2.97. The minimum Gasteiger partial charge on any atom is -0.465 e. The van der Waals surface area contributed by atoms with Crippen LogP contribution in [-0.2, 0) is 30.4 Å². The maximum absolute atomic E-state index is 14.3. The fourth-order valence-corrected chi connectivity index (χ4v) is 6.56. The van der Waals surface area contributed by atoms with E-state index in [1.807, 2.05) is 43.3 Å². The first-order valence-electron chi connectivity index (χ1n) is 13.7. The molecule has 2 bridgehead atoms. The Bertz CT molecular complexity index is 1040. The van der Waals surface area contributed by atoms with E-state index in [0.717, 1.165) is 18.4 Å². The molecule has 1 aromatic rings. The molecule has 8 nitrogen and oxygen atoms in total. The van der Waals surface area contributed by atoms with Crippen molar-refractivity contribution in [3.8, 4) is 0 Å². The molecule has 4 rings (SSSR count). The van der Waals surface area contributed by atoms with Crippen molar-refractivity contribution < 1.29 is 29.0 Å². The molecule has 206 valence electrons. The Labute approximate surface area is 225 Å². The normalized spacial score (nSPS) is 29.3. The zero-order valence-corrected chi connectivity index (χ0v) is 22.3. The Morgan fingerprint density at radius 2 is 1.95 bits per heavy atom. The minimum absolute atomic E-state index is 0.114. The van der Waals surface area contributed by atoms with Gasteiger partial charge in [0.2, 0.25) is 11.8 Å². The van der Waals surface area contributed by atoms with E-state index in [1.54, 1.807) is 15.9 Å². The van der Waals surface area contributed by atoms with Crippen LogP contribution in [0.1, 0.15) is 51.0 Å². The van der Waals surface area contributed by atoms with E-state index in [4.69, 9.17) is 9.47 Å². The number of allylic oxidation sites excluding steroid dienone is 1. The third-order valence-electron chi connectivity index (χ3n) is 8.25. The molecule has 0 saturated carbocycles. The molecule has 0 aliphatic carbocycles. The molecule has 38 heavy (non-hydrogen) atoms. The second-order valence-electron chi connectivity index (χ2n) is 10.8. The van der Waals surface area contributed by atoms with E-state index in [-0.39, 0.29) is 31.6 Å². The van der Waals surface area contributed by atoms with E-state index in [0.29, 0.717) is 38.8 Å². The molecule has 3 saturated heterocycles. The molecule has 1 aromatic carbocycles. The fraction of sp³-hybridized carbons (Fsp3) is 0.567. The Kier molecular flexibility index (Phi) is 8.73. The van der Waals surface area contributed by atoms with E-state index < -0.39 is 35.0 Å². The zero-order chi connectivity index (χ0) is 27.3. The van der Waals surface area contributed by atoms with Crippen LogP contribution < -0.4 is 0 Å². The highest BCUT2D eigenvalue weighted by Crippen LogP contribution is 2.63. The molecule has 5 atom stereocenters. The van der Waals surface area contributed by atoms with E-state index in [9.17, 15) is 19.5 Å². The van der Waals surface area contributed by atoms with Crippen molar-refractivity contribution in [2.75, 3.05) is 26.3 Å². The lowest BCUT2D eigenvalue weighted by molar-refractivity contribution is -0.160. The van der Waals surface area contributed by atoms with Crippen molar-refractivity contribution in [3.63, 3.8) is 0 Å². The number of ether oxygens (including phenoxy) is 2. The van der Waals surface area contributed by atoms with Crippen LogP contribution in [0.15, 0.2) is 55.6 Å². The van der Waals surface area contributed by atoms with E-state index in [2.05, 4.69) is 13.2 Å². The van der Waals surface area contributed by atoms with Gasteiger partial charge in [-0.25, -0.2) is 0 Å². The lowest BCUT2D eigenvalue weighted by atomic mass is 9.66. The first kappa shape index (κ1) is 28.0. The molecular formula is C30H40N2O6. The number of nitrogens with zero attached hydrogens (tertiary/aromatic N) is 2. The fourth-order valence-electron chi connectivity index (χ4n) is 6.56. The molecule has 1 N–H and O–H groups in total. The van der Waals surface area contributed by atoms with Crippen molar-refractivity contribution in [1.29, 1.82) is 0 Å². The molecular weight excluding hydrogens is 484 g/mol. The van der Waals surface area contributed by atoms with Gasteiger partial charge in [0.05, 0.1) is 18.1 Å². The van der Waals surface area contributed by atoms with Crippen LogP contribution in [0.3, 0.4) is 0 Å². The molecule has 3 fully saturated rings. The molecule has 0 aromatic heterocycles. The van der Waals surface area contributed by atoms with E-state index >= 15 is 0 Å². The van der Waals surface area contributed by atoms with Crippen LogP contribution >= 0.6 is 0 Å². The number of hydrogen-bond donors (Lipinski definition) is 1. The van der Waals surface area contributed by atoms with Crippen LogP contribution in [0.5, 0.6) is 0 Å².